The number of hydrogen-bond acceptors (Lipinski definition) is 4. The summed E-state index contributed by atoms with van der Waals surface area (Å²) in [6, 6.07) is 13.9. The fourth-order valence-corrected chi connectivity index (χ4v) is 11.2. The molecular weight excluding hydrogens is 516 g/mol. The minimum absolute atomic E-state index is 0.164. The lowest BCUT2D eigenvalue weighted by Crippen LogP contribution is -2.60. The number of benzene rings is 2. The maximum atomic E-state index is 9.44. The first-order valence-corrected chi connectivity index (χ1v) is 16.9. The summed E-state index contributed by atoms with van der Waals surface area (Å²) >= 11 is 0. The van der Waals surface area contributed by atoms with Crippen molar-refractivity contribution in [1.29, 1.82) is 10.5 Å². The molecule has 6 aliphatic carbocycles. The first kappa shape index (κ1) is 27.8. The van der Waals surface area contributed by atoms with E-state index in [1.165, 1.54) is 131 Å². The molecule has 0 aliphatic heterocycles. The van der Waals surface area contributed by atoms with Crippen LogP contribution in [0.1, 0.15) is 150 Å². The zero-order chi connectivity index (χ0) is 28.8. The topological polar surface area (TPSA) is 66.0 Å². The highest BCUT2D eigenvalue weighted by Gasteiger charge is 2.63. The van der Waals surface area contributed by atoms with E-state index in [9.17, 15) is 10.5 Å². The molecule has 8 rings (SSSR count). The van der Waals surface area contributed by atoms with Gasteiger partial charge in [-0.2, -0.15) is 0 Å². The molecule has 0 saturated heterocycles. The van der Waals surface area contributed by atoms with Crippen LogP contribution in [0.3, 0.4) is 0 Å². The van der Waals surface area contributed by atoms with Crippen LogP contribution in [0, 0.1) is 34.4 Å². The zero-order valence-electron chi connectivity index (χ0n) is 25.4. The maximum Gasteiger partial charge on any atom is 0.292 e. The predicted octanol–water partition coefficient (Wildman–Crippen LogP) is 10.1. The minimum atomic E-state index is 0.164. The third-order valence-electron chi connectivity index (χ3n) is 12.6. The van der Waals surface area contributed by atoms with Crippen LogP contribution < -0.4 is 9.47 Å². The summed E-state index contributed by atoms with van der Waals surface area (Å²) in [4.78, 5) is 0. The number of ether oxygens (including phenoxy) is 2. The highest BCUT2D eigenvalue weighted by Crippen LogP contribution is 2.71. The molecule has 6 fully saturated rings. The Hall–Kier alpha value is -2.98. The second-order valence-electron chi connectivity index (χ2n) is 15.0. The van der Waals surface area contributed by atoms with Gasteiger partial charge in [0, 0.05) is 0 Å². The highest BCUT2D eigenvalue weighted by molar-refractivity contribution is 5.48. The molecule has 0 amide bonds. The van der Waals surface area contributed by atoms with Gasteiger partial charge in [-0.3, -0.25) is 0 Å². The van der Waals surface area contributed by atoms with Crippen LogP contribution in [0.2, 0.25) is 0 Å². The predicted molar refractivity (Wildman–Crippen MR) is 164 cm³/mol. The summed E-state index contributed by atoms with van der Waals surface area (Å²) in [5, 5.41) is 18.9. The highest BCUT2D eigenvalue weighted by atomic mass is 16.5. The Morgan fingerprint density at radius 2 is 1.14 bits per heavy atom. The second kappa shape index (κ2) is 10.9. The normalized spacial score (nSPS) is 32.7. The molecule has 2 atom stereocenters. The minimum Gasteiger partial charge on any atom is -0.388 e. The molecule has 4 nitrogen and oxygen atoms in total. The lowest BCUT2D eigenvalue weighted by atomic mass is 9.37. The summed E-state index contributed by atoms with van der Waals surface area (Å²) in [7, 11) is 0. The van der Waals surface area contributed by atoms with E-state index >= 15 is 0 Å². The summed E-state index contributed by atoms with van der Waals surface area (Å²) < 4.78 is 11.1. The fourth-order valence-electron chi connectivity index (χ4n) is 11.2. The van der Waals surface area contributed by atoms with Crippen LogP contribution >= 0.6 is 0 Å². The average molecular weight is 563 g/mol. The molecule has 2 aromatic carbocycles. The fraction of sp³-hybridized carbons (Fsp3) is 0.632. The Balaban J connectivity index is 1.31. The zero-order valence-corrected chi connectivity index (χ0v) is 25.4. The summed E-state index contributed by atoms with van der Waals surface area (Å²) in [5.74, 6) is 3.29. The van der Waals surface area contributed by atoms with Gasteiger partial charge in [0.2, 0.25) is 0 Å². The van der Waals surface area contributed by atoms with Crippen molar-refractivity contribution in [3.05, 3.63) is 58.7 Å². The van der Waals surface area contributed by atoms with Crippen LogP contribution in [0.15, 0.2) is 36.4 Å². The van der Waals surface area contributed by atoms with Gasteiger partial charge in [-0.25, -0.2) is 0 Å². The van der Waals surface area contributed by atoms with E-state index in [1.807, 2.05) is 12.5 Å². The number of nitriles is 2. The number of hydrogen-bond donors (Lipinski definition) is 0. The molecule has 6 saturated carbocycles. The molecule has 2 unspecified atom stereocenters. The van der Waals surface area contributed by atoms with Crippen molar-refractivity contribution in [2.24, 2.45) is 11.3 Å². The monoisotopic (exact) mass is 562 g/mol. The smallest absolute Gasteiger partial charge is 0.292 e. The van der Waals surface area contributed by atoms with Gasteiger partial charge in [0.15, 0.2) is 0 Å². The van der Waals surface area contributed by atoms with Crippen LogP contribution in [0.4, 0.5) is 0 Å². The molecule has 6 aliphatic rings. The largest absolute Gasteiger partial charge is 0.388 e. The van der Waals surface area contributed by atoms with E-state index in [4.69, 9.17) is 9.47 Å². The van der Waals surface area contributed by atoms with E-state index in [-0.39, 0.29) is 10.8 Å². The van der Waals surface area contributed by atoms with Crippen LogP contribution in [-0.4, -0.2) is 0 Å². The molecule has 0 radical (unpaired) electrons. The first-order valence-electron chi connectivity index (χ1n) is 16.9. The van der Waals surface area contributed by atoms with Crippen LogP contribution in [0.5, 0.6) is 11.5 Å². The van der Waals surface area contributed by atoms with Crippen molar-refractivity contribution in [3.8, 4) is 24.0 Å². The van der Waals surface area contributed by atoms with E-state index in [1.54, 1.807) is 0 Å². The Morgan fingerprint density at radius 1 is 0.667 bits per heavy atom. The Morgan fingerprint density at radius 3 is 1.57 bits per heavy atom. The first-order chi connectivity index (χ1) is 20.5. The van der Waals surface area contributed by atoms with Crippen molar-refractivity contribution in [3.63, 3.8) is 0 Å². The van der Waals surface area contributed by atoms with Gasteiger partial charge in [0.1, 0.15) is 11.5 Å². The molecule has 0 N–H and O–H groups in total. The summed E-state index contributed by atoms with van der Waals surface area (Å²) in [6.45, 7) is 2.43. The van der Waals surface area contributed by atoms with Gasteiger partial charge in [-0.1, -0.05) is 76.1 Å². The van der Waals surface area contributed by atoms with E-state index in [0.717, 1.165) is 17.4 Å². The van der Waals surface area contributed by atoms with Gasteiger partial charge in [-0.05, 0) is 133 Å². The Labute approximate surface area is 252 Å². The van der Waals surface area contributed by atoms with E-state index in [0.29, 0.717) is 17.3 Å². The molecule has 0 spiro atoms. The number of nitrogens with zero attached hydrogens (tertiary/aromatic N) is 2. The summed E-state index contributed by atoms with van der Waals surface area (Å²) in [6.07, 6.45) is 25.4. The summed E-state index contributed by atoms with van der Waals surface area (Å²) in [5.41, 5.74) is 6.25. The molecule has 0 aromatic heterocycles. The molecule has 42 heavy (non-hydrogen) atoms. The van der Waals surface area contributed by atoms with Crippen LogP contribution in [-0.2, 0) is 10.8 Å². The Kier molecular flexibility index (Phi) is 7.25. The van der Waals surface area contributed by atoms with Crippen molar-refractivity contribution in [2.75, 3.05) is 0 Å². The lowest BCUT2D eigenvalue weighted by Gasteiger charge is -2.67. The van der Waals surface area contributed by atoms with E-state index < -0.39 is 0 Å². The molecule has 0 heterocycles. The van der Waals surface area contributed by atoms with Crippen molar-refractivity contribution in [1.82, 2.24) is 0 Å². The Bertz CT molecular complexity index is 1310. The molecule has 2 aromatic rings. The standard InChI is InChI=1S/C38H46N2O2/c1-2-36-19-27-20-37(22-36,30-13-15-34(41-25-39)32(17-30)28-9-5-3-6-10-28)24-38(21-27,23-36)31-14-16-35(42-26-40)33(18-31)29-11-7-4-8-12-29/h13-18,27-29H,2-12,19-24H2,1H3. The number of rotatable bonds is 7. The quantitative estimate of drug-likeness (QED) is 0.315. The van der Waals surface area contributed by atoms with Crippen molar-refractivity contribution < 1.29 is 9.47 Å². The van der Waals surface area contributed by atoms with Gasteiger partial charge in [0.25, 0.3) is 12.5 Å². The van der Waals surface area contributed by atoms with Gasteiger partial charge < -0.3 is 9.47 Å². The van der Waals surface area contributed by atoms with Crippen LogP contribution in [0.25, 0.3) is 0 Å². The van der Waals surface area contributed by atoms with E-state index in [2.05, 4.69) is 43.3 Å². The third-order valence-corrected chi connectivity index (χ3v) is 12.6. The SMILES string of the molecule is CCC12CC3CC(c4ccc(OC#N)c(C5CCCCC5)c4)(C1)CC(c1ccc(OC#N)c(C4CCCCC4)c1)(C3)C2. The molecular formula is C38H46N2O2. The third kappa shape index (κ3) is 4.71. The van der Waals surface area contributed by atoms with Crippen molar-refractivity contribution in [2.45, 2.75) is 139 Å². The molecule has 220 valence electrons. The van der Waals surface area contributed by atoms with Gasteiger partial charge >= 0.3 is 0 Å². The molecule has 4 bridgehead atoms. The average Bonchev–Trinajstić information content (AvgIpc) is 3.02. The maximum absolute atomic E-state index is 9.44. The lowest BCUT2D eigenvalue weighted by molar-refractivity contribution is -0.0920. The second-order valence-corrected chi connectivity index (χ2v) is 15.0. The molecule has 4 heteroatoms. The van der Waals surface area contributed by atoms with Gasteiger partial charge in [-0.15, -0.1) is 10.5 Å². The van der Waals surface area contributed by atoms with Gasteiger partial charge in [0.05, 0.1) is 0 Å². The van der Waals surface area contributed by atoms with Crippen molar-refractivity contribution >= 4 is 0 Å².